The number of nitrogens with zero attached hydrogens (tertiary/aromatic N) is 1. The Bertz CT molecular complexity index is 164. The van der Waals surface area contributed by atoms with Gasteiger partial charge in [-0.15, -0.1) is 12.4 Å². The minimum atomic E-state index is -1.12. The van der Waals surface area contributed by atoms with E-state index >= 15 is 0 Å². The van der Waals surface area contributed by atoms with Crippen LogP contribution in [-0.4, -0.2) is 28.6 Å². The quantitative estimate of drug-likeness (QED) is 0.473. The Kier molecular flexibility index (Phi) is 7.77. The third-order valence-corrected chi connectivity index (χ3v) is 1.17. The Hall–Kier alpha value is -0.880. The number of hydrogen-bond acceptors (Lipinski definition) is 4. The van der Waals surface area contributed by atoms with Gasteiger partial charge in [-0.2, -0.15) is 0 Å². The van der Waals surface area contributed by atoms with Crippen molar-refractivity contribution in [2.45, 2.75) is 18.9 Å². The van der Waals surface area contributed by atoms with E-state index in [0.717, 1.165) is 0 Å². The molecule has 12 heavy (non-hydrogen) atoms. The van der Waals surface area contributed by atoms with Crippen LogP contribution in [0.2, 0.25) is 0 Å². The highest BCUT2D eigenvalue weighted by Crippen LogP contribution is 1.94. The molecular weight excluding hydrogens is 188 g/mol. The van der Waals surface area contributed by atoms with E-state index in [1.165, 1.54) is 0 Å². The number of carboxylic acid groups (broad SMARTS) is 1. The minimum absolute atomic E-state index is 0. The number of nitrogens with two attached hydrogens (primary N) is 1. The molecule has 1 atom stereocenters. The Labute approximate surface area is 75.3 Å². The molecule has 0 aromatic rings. The molecule has 0 saturated heterocycles. The first-order valence-electron chi connectivity index (χ1n) is 3.14. The summed E-state index contributed by atoms with van der Waals surface area (Å²) >= 11 is 0. The topological polar surface area (TPSA) is 106 Å². The molecule has 0 aliphatic rings. The van der Waals surface area contributed by atoms with Crippen LogP contribution in [0.1, 0.15) is 12.8 Å². The number of carboxylic acids is 1. The van der Waals surface area contributed by atoms with Gasteiger partial charge in [0.2, 0.25) is 6.54 Å². The van der Waals surface area contributed by atoms with Gasteiger partial charge in [0.15, 0.2) is 0 Å². The summed E-state index contributed by atoms with van der Waals surface area (Å²) in [6.07, 6.45) is 0.358. The molecule has 0 aromatic carbocycles. The monoisotopic (exact) mass is 198 g/mol. The van der Waals surface area contributed by atoms with Gasteiger partial charge >= 0.3 is 5.97 Å². The van der Waals surface area contributed by atoms with Crippen molar-refractivity contribution in [1.82, 2.24) is 0 Å². The first-order chi connectivity index (χ1) is 5.04. The second-order valence-corrected chi connectivity index (χ2v) is 2.14. The SMILES string of the molecule is Cl.N[C@H](CCC[N+](=O)[O-])C(=O)O. The fourth-order valence-corrected chi connectivity index (χ4v) is 0.564. The van der Waals surface area contributed by atoms with Crippen molar-refractivity contribution in [1.29, 1.82) is 0 Å². The van der Waals surface area contributed by atoms with E-state index in [0.29, 0.717) is 0 Å². The van der Waals surface area contributed by atoms with Crippen molar-refractivity contribution in [2.24, 2.45) is 5.73 Å². The van der Waals surface area contributed by atoms with Gasteiger partial charge in [-0.1, -0.05) is 0 Å². The van der Waals surface area contributed by atoms with Crippen LogP contribution in [0.3, 0.4) is 0 Å². The Morgan fingerprint density at radius 3 is 2.50 bits per heavy atom. The average Bonchev–Trinajstić information content (AvgIpc) is 1.86. The van der Waals surface area contributed by atoms with Gasteiger partial charge in [-0.3, -0.25) is 14.9 Å². The molecular formula is C5H11ClN2O4. The molecule has 0 radical (unpaired) electrons. The normalized spacial score (nSPS) is 11.4. The van der Waals surface area contributed by atoms with Gasteiger partial charge in [0, 0.05) is 11.3 Å². The molecule has 0 fully saturated rings. The predicted octanol–water partition coefficient (Wildman–Crippen LogP) is -0.123. The molecule has 3 N–H and O–H groups in total. The molecule has 7 heteroatoms. The predicted molar refractivity (Wildman–Crippen MR) is 44.0 cm³/mol. The van der Waals surface area contributed by atoms with E-state index in [4.69, 9.17) is 10.8 Å². The van der Waals surface area contributed by atoms with Crippen LogP contribution in [0.25, 0.3) is 0 Å². The fraction of sp³-hybridized carbons (Fsp3) is 0.800. The average molecular weight is 199 g/mol. The smallest absolute Gasteiger partial charge is 0.320 e. The standard InChI is InChI=1S/C5H10N2O4.ClH/c6-4(5(8)9)2-1-3-7(10)11;/h4H,1-3,6H2,(H,8,9);1H/t4-;/m1./s1. The van der Waals surface area contributed by atoms with Crippen molar-refractivity contribution in [3.8, 4) is 0 Å². The zero-order valence-corrected chi connectivity index (χ0v) is 7.12. The summed E-state index contributed by atoms with van der Waals surface area (Å²) in [5, 5.41) is 18.0. The van der Waals surface area contributed by atoms with Gasteiger partial charge in [-0.05, 0) is 6.42 Å². The Morgan fingerprint density at radius 2 is 2.17 bits per heavy atom. The lowest BCUT2D eigenvalue weighted by atomic mass is 10.2. The van der Waals surface area contributed by atoms with Crippen LogP contribution in [0.4, 0.5) is 0 Å². The molecule has 0 spiro atoms. The number of hydrogen-bond donors (Lipinski definition) is 2. The highest BCUT2D eigenvalue weighted by Gasteiger charge is 2.11. The van der Waals surface area contributed by atoms with Crippen LogP contribution >= 0.6 is 12.4 Å². The highest BCUT2D eigenvalue weighted by atomic mass is 35.5. The molecule has 0 amide bonds. The fourth-order valence-electron chi connectivity index (χ4n) is 0.564. The molecule has 0 aliphatic carbocycles. The van der Waals surface area contributed by atoms with E-state index in [1.807, 2.05) is 0 Å². The van der Waals surface area contributed by atoms with Gasteiger partial charge in [-0.25, -0.2) is 0 Å². The molecule has 0 aromatic heterocycles. The van der Waals surface area contributed by atoms with Gasteiger partial charge < -0.3 is 10.8 Å². The van der Waals surface area contributed by atoms with E-state index in [-0.39, 0.29) is 31.8 Å². The lowest BCUT2D eigenvalue weighted by molar-refractivity contribution is -0.480. The minimum Gasteiger partial charge on any atom is -0.480 e. The first kappa shape index (κ1) is 13.7. The summed E-state index contributed by atoms with van der Waals surface area (Å²) < 4.78 is 0. The molecule has 72 valence electrons. The van der Waals surface area contributed by atoms with Crippen LogP contribution in [0.15, 0.2) is 0 Å². The number of nitro groups is 1. The molecule has 0 saturated carbocycles. The second kappa shape index (κ2) is 6.81. The van der Waals surface area contributed by atoms with Crippen LogP contribution < -0.4 is 5.73 Å². The van der Waals surface area contributed by atoms with E-state index in [2.05, 4.69) is 0 Å². The van der Waals surface area contributed by atoms with Gasteiger partial charge in [0.05, 0.1) is 0 Å². The third-order valence-electron chi connectivity index (χ3n) is 1.17. The first-order valence-corrected chi connectivity index (χ1v) is 3.14. The van der Waals surface area contributed by atoms with Gasteiger partial charge in [0.1, 0.15) is 6.04 Å². The summed E-state index contributed by atoms with van der Waals surface area (Å²) in [6, 6.07) is -0.977. The summed E-state index contributed by atoms with van der Waals surface area (Å²) in [5.74, 6) is -1.12. The molecule has 0 aliphatic heterocycles. The maximum Gasteiger partial charge on any atom is 0.320 e. The van der Waals surface area contributed by atoms with Gasteiger partial charge in [0.25, 0.3) is 0 Å². The lowest BCUT2D eigenvalue weighted by Crippen LogP contribution is -2.30. The highest BCUT2D eigenvalue weighted by molar-refractivity contribution is 5.85. The molecule has 0 bridgehead atoms. The number of carbonyl (C=O) groups is 1. The van der Waals surface area contributed by atoms with E-state index in [9.17, 15) is 14.9 Å². The van der Waals surface area contributed by atoms with Crippen LogP contribution in [-0.2, 0) is 4.79 Å². The molecule has 0 rings (SSSR count). The maximum atomic E-state index is 10.1. The van der Waals surface area contributed by atoms with Crippen LogP contribution in [0, 0.1) is 10.1 Å². The maximum absolute atomic E-state index is 10.1. The Balaban J connectivity index is 0. The third kappa shape index (κ3) is 7.23. The largest absolute Gasteiger partial charge is 0.480 e. The summed E-state index contributed by atoms with van der Waals surface area (Å²) in [6.45, 7) is -0.221. The van der Waals surface area contributed by atoms with Crippen molar-refractivity contribution < 1.29 is 14.8 Å². The molecule has 0 unspecified atom stereocenters. The lowest BCUT2D eigenvalue weighted by Gasteiger charge is -2.01. The number of halogens is 1. The van der Waals surface area contributed by atoms with Crippen molar-refractivity contribution in [3.05, 3.63) is 10.1 Å². The van der Waals surface area contributed by atoms with Crippen molar-refractivity contribution >= 4 is 18.4 Å². The van der Waals surface area contributed by atoms with Crippen molar-refractivity contribution in [2.75, 3.05) is 6.54 Å². The summed E-state index contributed by atoms with van der Waals surface area (Å²) in [5.41, 5.74) is 5.08. The van der Waals surface area contributed by atoms with E-state index in [1.54, 1.807) is 0 Å². The van der Waals surface area contributed by atoms with E-state index < -0.39 is 16.9 Å². The van der Waals surface area contributed by atoms with Crippen molar-refractivity contribution in [3.63, 3.8) is 0 Å². The zero-order valence-electron chi connectivity index (χ0n) is 6.30. The Morgan fingerprint density at radius 1 is 1.67 bits per heavy atom. The summed E-state index contributed by atoms with van der Waals surface area (Å²) in [7, 11) is 0. The number of aliphatic carboxylic acids is 1. The molecule has 0 heterocycles. The second-order valence-electron chi connectivity index (χ2n) is 2.14. The molecule has 6 nitrogen and oxygen atoms in total. The zero-order chi connectivity index (χ0) is 8.85. The number of rotatable bonds is 5. The summed E-state index contributed by atoms with van der Waals surface area (Å²) in [4.78, 5) is 19.4. The van der Waals surface area contributed by atoms with Crippen LogP contribution in [0.5, 0.6) is 0 Å².